The van der Waals surface area contributed by atoms with E-state index < -0.39 is 17.2 Å². The van der Waals surface area contributed by atoms with Gasteiger partial charge < -0.3 is 25.0 Å². The molecule has 1 unspecified atom stereocenters. The summed E-state index contributed by atoms with van der Waals surface area (Å²) in [5, 5.41) is 12.7. The number of hydrogen-bond donors (Lipinski definition) is 3. The molecule has 1 spiro atoms. The van der Waals surface area contributed by atoms with E-state index in [-0.39, 0.29) is 30.6 Å². The average molecular weight is 645 g/mol. The van der Waals surface area contributed by atoms with Crippen LogP contribution in [0.4, 0.5) is 14.9 Å². The van der Waals surface area contributed by atoms with Crippen molar-refractivity contribution in [1.29, 1.82) is 0 Å². The average Bonchev–Trinajstić information content (AvgIpc) is 2.87. The number of anilines is 1. The Morgan fingerprint density at radius 1 is 1.32 bits per heavy atom. The number of carbonyl (C=O) groups excluding carboxylic acids is 2. The molecule has 4 N–H and O–H groups in total. The fourth-order valence-corrected chi connectivity index (χ4v) is 7.29. The second-order valence-electron chi connectivity index (χ2n) is 12.5. The lowest BCUT2D eigenvalue weighted by Gasteiger charge is -2.54. The molecule has 1 atom stereocenters. The van der Waals surface area contributed by atoms with Crippen molar-refractivity contribution in [3.05, 3.63) is 26.7 Å². The minimum Gasteiger partial charge on any atom is -0.444 e. The van der Waals surface area contributed by atoms with E-state index in [2.05, 4.69) is 26.6 Å². The van der Waals surface area contributed by atoms with Gasteiger partial charge >= 0.3 is 6.09 Å². The van der Waals surface area contributed by atoms with Crippen LogP contribution in [0.25, 0.3) is 0 Å². The Bertz CT molecular complexity index is 1120. The first-order chi connectivity index (χ1) is 18.8. The van der Waals surface area contributed by atoms with Gasteiger partial charge in [0.15, 0.2) is 11.9 Å². The van der Waals surface area contributed by atoms with Gasteiger partial charge in [-0.05, 0) is 112 Å². The number of hydrogen-bond acceptors (Lipinski definition) is 5. The maximum atomic E-state index is 15.5. The van der Waals surface area contributed by atoms with E-state index >= 15 is 4.39 Å². The van der Waals surface area contributed by atoms with Crippen molar-refractivity contribution in [3.63, 3.8) is 0 Å². The first-order valence-electron chi connectivity index (χ1n) is 14.2. The first-order valence-corrected chi connectivity index (χ1v) is 15.4. The minimum atomic E-state index is -1.91. The Labute approximate surface area is 249 Å². The monoisotopic (exact) mass is 643 g/mol. The fourth-order valence-electron chi connectivity index (χ4n) is 6.12. The molecule has 40 heavy (non-hydrogen) atoms. The van der Waals surface area contributed by atoms with Gasteiger partial charge in [0.2, 0.25) is 0 Å². The Morgan fingerprint density at radius 3 is 2.73 bits per heavy atom. The summed E-state index contributed by atoms with van der Waals surface area (Å²) in [4.78, 5) is 27.0. The van der Waals surface area contributed by atoms with Crippen LogP contribution in [-0.2, 0) is 20.7 Å². The zero-order chi connectivity index (χ0) is 29.1. The molecule has 222 valence electrons. The summed E-state index contributed by atoms with van der Waals surface area (Å²) in [6, 6.07) is 1.85. The van der Waals surface area contributed by atoms with Gasteiger partial charge in [-0.15, -0.1) is 0 Å². The maximum Gasteiger partial charge on any atom is 0.410 e. The molecule has 2 amide bonds. The van der Waals surface area contributed by atoms with Crippen LogP contribution in [-0.4, -0.2) is 66.9 Å². The largest absolute Gasteiger partial charge is 0.444 e. The molecule has 0 bridgehead atoms. The molecule has 2 saturated heterocycles. The highest BCUT2D eigenvalue weighted by Gasteiger charge is 2.60. The van der Waals surface area contributed by atoms with Crippen LogP contribution in [0.5, 0.6) is 0 Å². The third-order valence-corrected chi connectivity index (χ3v) is 9.18. The lowest BCUT2D eigenvalue weighted by molar-refractivity contribution is -0.157. The predicted octanol–water partition coefficient (Wildman–Crippen LogP) is 4.79. The van der Waals surface area contributed by atoms with Crippen LogP contribution in [0.1, 0.15) is 83.3 Å². The Balaban J connectivity index is 1.27. The Hall–Kier alpha value is -1.91. The van der Waals surface area contributed by atoms with E-state index in [1.807, 2.05) is 26.8 Å². The summed E-state index contributed by atoms with van der Waals surface area (Å²) in [6.45, 7) is 7.54. The summed E-state index contributed by atoms with van der Waals surface area (Å²) in [6.07, 6.45) is 7.14. The summed E-state index contributed by atoms with van der Waals surface area (Å²) in [5.74, 6) is -0.583. The molecule has 1 aromatic carbocycles. The number of nitrogens with two attached hydrogens (primary N) is 1. The number of nitrogens with one attached hydrogen (secondary N) is 2. The Kier molecular flexibility index (Phi) is 9.72. The van der Waals surface area contributed by atoms with Gasteiger partial charge in [-0.1, -0.05) is 11.6 Å². The van der Waals surface area contributed by atoms with Crippen LogP contribution < -0.4 is 16.0 Å². The highest BCUT2D eigenvalue weighted by molar-refractivity contribution is 9.10. The summed E-state index contributed by atoms with van der Waals surface area (Å²) >= 11 is 10.3. The van der Waals surface area contributed by atoms with E-state index in [1.165, 1.54) is 6.21 Å². The van der Waals surface area contributed by atoms with E-state index in [0.29, 0.717) is 37.5 Å². The lowest BCUT2D eigenvalue weighted by atomic mass is 9.56. The number of halogens is 3. The number of amides is 2. The number of carbonyl (C=O) groups is 2. The second kappa shape index (κ2) is 12.5. The normalized spacial score (nSPS) is 26.6. The maximum absolute atomic E-state index is 15.5. The van der Waals surface area contributed by atoms with Crippen molar-refractivity contribution in [2.24, 2.45) is 5.41 Å². The highest BCUT2D eigenvalue weighted by Crippen LogP contribution is 2.55. The van der Waals surface area contributed by atoms with Crippen molar-refractivity contribution >= 4 is 51.4 Å². The zero-order valence-electron chi connectivity index (χ0n) is 23.7. The molecule has 2 aliphatic heterocycles. The van der Waals surface area contributed by atoms with Gasteiger partial charge in [0.25, 0.3) is 5.91 Å². The molecule has 2 heterocycles. The van der Waals surface area contributed by atoms with E-state index in [4.69, 9.17) is 26.5 Å². The standard InChI is InChI=1S/C29H41BrClFN4O4/c1-27(2,3)40-26(38)36-12-7-10-28(18-36)16-29(32,17-28)25(37)34-11-6-8-19-21(31)14-22(20(15-33)24(19)30)35-23-9-4-5-13-39-23/h14-15,23,33,35H,4-13,16-18H2,1-3H3,(H,34,37)/p+1. The molecule has 0 aromatic heterocycles. The summed E-state index contributed by atoms with van der Waals surface area (Å²) in [7, 11) is 0. The molecule has 3 fully saturated rings. The van der Waals surface area contributed by atoms with Crippen LogP contribution in [0.3, 0.4) is 0 Å². The fraction of sp³-hybridized carbons (Fsp3) is 0.690. The predicted molar refractivity (Wildman–Crippen MR) is 157 cm³/mol. The van der Waals surface area contributed by atoms with Crippen LogP contribution in [0.2, 0.25) is 5.02 Å². The van der Waals surface area contributed by atoms with Crippen molar-refractivity contribution in [1.82, 2.24) is 10.2 Å². The molecular weight excluding hydrogens is 603 g/mol. The number of likely N-dealkylation sites (tertiary alicyclic amines) is 1. The van der Waals surface area contributed by atoms with Gasteiger partial charge in [-0.3, -0.25) is 10.2 Å². The minimum absolute atomic E-state index is 0.0795. The number of nitrogens with zero attached hydrogens (tertiary/aromatic N) is 1. The summed E-state index contributed by atoms with van der Waals surface area (Å²) < 4.78 is 27.6. The van der Waals surface area contributed by atoms with Gasteiger partial charge in [0.05, 0.1) is 11.3 Å². The van der Waals surface area contributed by atoms with Gasteiger partial charge in [0.1, 0.15) is 11.8 Å². The highest BCUT2D eigenvalue weighted by atomic mass is 79.9. The molecule has 0 radical (unpaired) electrons. The third kappa shape index (κ3) is 7.29. The number of rotatable bonds is 8. The molecule has 1 aliphatic carbocycles. The zero-order valence-corrected chi connectivity index (χ0v) is 26.1. The van der Waals surface area contributed by atoms with Crippen molar-refractivity contribution in [2.45, 2.75) is 96.1 Å². The molecule has 11 heteroatoms. The van der Waals surface area contributed by atoms with Crippen LogP contribution in [0.15, 0.2) is 10.5 Å². The first kappa shape index (κ1) is 31.0. The number of alkyl halides is 1. The van der Waals surface area contributed by atoms with Crippen LogP contribution in [0, 0.1) is 5.41 Å². The SMILES string of the molecule is CC(C)(C)OC(=O)N1CCCC2(C1)CC(F)(C(=O)NCCCc1c(Cl)cc(NC3CCCCO3)c(C=[NH2+])c1Br)C2. The number of piperidine rings is 1. The molecule has 1 saturated carbocycles. The number of ether oxygens (including phenoxy) is 2. The van der Waals surface area contributed by atoms with E-state index in [9.17, 15) is 9.59 Å². The van der Waals surface area contributed by atoms with E-state index in [0.717, 1.165) is 60.0 Å². The quantitative estimate of drug-likeness (QED) is 0.279. The molecule has 1 aromatic rings. The van der Waals surface area contributed by atoms with Gasteiger partial charge in [-0.2, -0.15) is 0 Å². The van der Waals surface area contributed by atoms with E-state index in [1.54, 1.807) is 4.90 Å². The smallest absolute Gasteiger partial charge is 0.410 e. The number of benzene rings is 1. The Morgan fingerprint density at radius 2 is 2.08 bits per heavy atom. The second-order valence-corrected chi connectivity index (χ2v) is 13.7. The van der Waals surface area contributed by atoms with Gasteiger partial charge in [0, 0.05) is 35.7 Å². The van der Waals surface area contributed by atoms with Crippen molar-refractivity contribution in [3.8, 4) is 0 Å². The van der Waals surface area contributed by atoms with Crippen molar-refractivity contribution in [2.75, 3.05) is 31.6 Å². The van der Waals surface area contributed by atoms with Crippen LogP contribution >= 0.6 is 27.5 Å². The van der Waals surface area contributed by atoms with Crippen molar-refractivity contribution < 1.29 is 28.9 Å². The lowest BCUT2D eigenvalue weighted by Crippen LogP contribution is -2.63. The molecular formula is C29H42BrClFN4O4+. The molecule has 3 aliphatic rings. The molecule has 4 rings (SSSR count). The molecule has 8 nitrogen and oxygen atoms in total. The topological polar surface area (TPSA) is 105 Å². The third-order valence-electron chi connectivity index (χ3n) is 7.93. The van der Waals surface area contributed by atoms with Gasteiger partial charge in [-0.25, -0.2) is 9.18 Å². The summed E-state index contributed by atoms with van der Waals surface area (Å²) in [5.41, 5.74) is -0.386.